The summed E-state index contributed by atoms with van der Waals surface area (Å²) in [4.78, 5) is 0. The minimum absolute atomic E-state index is 0.0528. The van der Waals surface area contributed by atoms with Crippen molar-refractivity contribution in [2.24, 2.45) is 0 Å². The minimum atomic E-state index is 0.0528. The molecule has 1 aliphatic rings. The lowest BCUT2D eigenvalue weighted by Crippen LogP contribution is -2.33. The lowest BCUT2D eigenvalue weighted by molar-refractivity contribution is -0.0100. The van der Waals surface area contributed by atoms with Gasteiger partial charge in [0.15, 0.2) is 11.5 Å². The third kappa shape index (κ3) is 4.37. The second-order valence-electron chi connectivity index (χ2n) is 4.78. The number of fused-ring (bicyclic) bond motifs is 1. The zero-order chi connectivity index (χ0) is 14.2. The van der Waals surface area contributed by atoms with Crippen LogP contribution in [0, 0.1) is 0 Å². The molecule has 0 aliphatic carbocycles. The van der Waals surface area contributed by atoms with Crippen LogP contribution < -0.4 is 14.8 Å². The van der Waals surface area contributed by atoms with Crippen LogP contribution in [0.2, 0.25) is 0 Å². The third-order valence-corrected chi connectivity index (χ3v) is 3.07. The molecule has 1 aromatic rings. The van der Waals surface area contributed by atoms with Crippen molar-refractivity contribution in [3.05, 3.63) is 23.8 Å². The molecule has 1 unspecified atom stereocenters. The van der Waals surface area contributed by atoms with E-state index in [-0.39, 0.29) is 6.10 Å². The summed E-state index contributed by atoms with van der Waals surface area (Å²) in [6.07, 6.45) is 1.17. The fraction of sp³-hybridized carbons (Fsp3) is 0.600. The molecule has 20 heavy (non-hydrogen) atoms. The molecule has 0 spiro atoms. The highest BCUT2D eigenvalue weighted by Crippen LogP contribution is 2.32. The number of benzene rings is 1. The molecule has 112 valence electrons. The van der Waals surface area contributed by atoms with Gasteiger partial charge in [-0.05, 0) is 30.7 Å². The summed E-state index contributed by atoms with van der Waals surface area (Å²) in [5, 5.41) is 3.35. The standard InChI is InChI=1S/C15H23NO4/c1-3-6-16-8-13(10-17-2)18-9-12-4-5-14-15(7-12)20-11-19-14/h4-5,7,13,16H,3,6,8-11H2,1-2H3. The smallest absolute Gasteiger partial charge is 0.231 e. The Kier molecular flexibility index (Phi) is 6.11. The van der Waals surface area contributed by atoms with Gasteiger partial charge >= 0.3 is 0 Å². The van der Waals surface area contributed by atoms with E-state index in [0.29, 0.717) is 20.0 Å². The van der Waals surface area contributed by atoms with Gasteiger partial charge in [-0.15, -0.1) is 0 Å². The number of nitrogens with one attached hydrogen (secondary N) is 1. The van der Waals surface area contributed by atoms with Gasteiger partial charge in [0.05, 0.1) is 19.3 Å². The molecule has 0 saturated carbocycles. The molecular weight excluding hydrogens is 258 g/mol. The SMILES string of the molecule is CCCNCC(COC)OCc1ccc2c(c1)OCO2. The van der Waals surface area contributed by atoms with Crippen LogP contribution >= 0.6 is 0 Å². The van der Waals surface area contributed by atoms with Gasteiger partial charge < -0.3 is 24.3 Å². The molecule has 0 bridgehead atoms. The van der Waals surface area contributed by atoms with Crippen molar-refractivity contribution < 1.29 is 18.9 Å². The van der Waals surface area contributed by atoms with Crippen LogP contribution in [-0.4, -0.2) is 39.7 Å². The first-order chi connectivity index (χ1) is 9.83. The summed E-state index contributed by atoms with van der Waals surface area (Å²) < 4.78 is 21.7. The highest BCUT2D eigenvalue weighted by Gasteiger charge is 2.14. The van der Waals surface area contributed by atoms with Gasteiger partial charge in [0, 0.05) is 13.7 Å². The average molecular weight is 281 g/mol. The first-order valence-electron chi connectivity index (χ1n) is 7.03. The van der Waals surface area contributed by atoms with Gasteiger partial charge in [0.1, 0.15) is 0 Å². The molecule has 1 aliphatic heterocycles. The van der Waals surface area contributed by atoms with E-state index in [0.717, 1.165) is 36.6 Å². The Bertz CT molecular complexity index is 411. The molecule has 1 atom stereocenters. The summed E-state index contributed by atoms with van der Waals surface area (Å²) in [6, 6.07) is 5.88. The lowest BCUT2D eigenvalue weighted by Gasteiger charge is -2.17. The topological polar surface area (TPSA) is 49.0 Å². The van der Waals surface area contributed by atoms with Crippen LogP contribution in [0.5, 0.6) is 11.5 Å². The number of hydrogen-bond acceptors (Lipinski definition) is 5. The van der Waals surface area contributed by atoms with Crippen LogP contribution in [-0.2, 0) is 16.1 Å². The molecule has 2 rings (SSSR count). The number of rotatable bonds is 9. The Balaban J connectivity index is 1.81. The molecule has 5 heteroatoms. The van der Waals surface area contributed by atoms with Crippen molar-refractivity contribution in [1.29, 1.82) is 0 Å². The van der Waals surface area contributed by atoms with Crippen LogP contribution in [0.1, 0.15) is 18.9 Å². The van der Waals surface area contributed by atoms with Gasteiger partial charge in [0.2, 0.25) is 6.79 Å². The van der Waals surface area contributed by atoms with E-state index < -0.39 is 0 Å². The molecule has 0 saturated heterocycles. The maximum absolute atomic E-state index is 5.89. The molecule has 1 aromatic carbocycles. The predicted molar refractivity (Wildman–Crippen MR) is 76.2 cm³/mol. The van der Waals surface area contributed by atoms with Gasteiger partial charge in [0.25, 0.3) is 0 Å². The number of ether oxygens (including phenoxy) is 4. The molecule has 0 aromatic heterocycles. The highest BCUT2D eigenvalue weighted by atomic mass is 16.7. The summed E-state index contributed by atoms with van der Waals surface area (Å²) >= 11 is 0. The third-order valence-electron chi connectivity index (χ3n) is 3.07. The quantitative estimate of drug-likeness (QED) is 0.701. The Hall–Kier alpha value is -1.30. The zero-order valence-electron chi connectivity index (χ0n) is 12.2. The maximum Gasteiger partial charge on any atom is 0.231 e. The summed E-state index contributed by atoms with van der Waals surface area (Å²) in [6.45, 7) is 5.36. The Labute approximate surface area is 120 Å². The predicted octanol–water partition coefficient (Wildman–Crippen LogP) is 1.95. The molecule has 0 amide bonds. The lowest BCUT2D eigenvalue weighted by atomic mass is 10.2. The summed E-state index contributed by atoms with van der Waals surface area (Å²) in [5.74, 6) is 1.59. The monoisotopic (exact) mass is 281 g/mol. The minimum Gasteiger partial charge on any atom is -0.454 e. The molecule has 5 nitrogen and oxygen atoms in total. The van der Waals surface area contributed by atoms with E-state index >= 15 is 0 Å². The summed E-state index contributed by atoms with van der Waals surface area (Å²) in [7, 11) is 1.69. The van der Waals surface area contributed by atoms with Gasteiger partial charge in [-0.25, -0.2) is 0 Å². The van der Waals surface area contributed by atoms with E-state index in [9.17, 15) is 0 Å². The number of hydrogen-bond donors (Lipinski definition) is 1. The molecular formula is C15H23NO4. The van der Waals surface area contributed by atoms with Crippen molar-refractivity contribution in [1.82, 2.24) is 5.32 Å². The highest BCUT2D eigenvalue weighted by molar-refractivity contribution is 5.44. The van der Waals surface area contributed by atoms with Crippen molar-refractivity contribution in [3.8, 4) is 11.5 Å². The van der Waals surface area contributed by atoms with Crippen molar-refractivity contribution in [3.63, 3.8) is 0 Å². The normalized spacial score (nSPS) is 14.5. The molecule has 1 N–H and O–H groups in total. The fourth-order valence-corrected chi connectivity index (χ4v) is 2.04. The molecule has 1 heterocycles. The van der Waals surface area contributed by atoms with Gasteiger partial charge in [-0.3, -0.25) is 0 Å². The van der Waals surface area contributed by atoms with E-state index in [1.165, 1.54) is 0 Å². The van der Waals surface area contributed by atoms with Crippen molar-refractivity contribution >= 4 is 0 Å². The van der Waals surface area contributed by atoms with E-state index in [2.05, 4.69) is 12.2 Å². The van der Waals surface area contributed by atoms with Gasteiger partial charge in [-0.2, -0.15) is 0 Å². The van der Waals surface area contributed by atoms with Crippen molar-refractivity contribution in [2.45, 2.75) is 26.1 Å². The van der Waals surface area contributed by atoms with Crippen LogP contribution in [0.15, 0.2) is 18.2 Å². The fourth-order valence-electron chi connectivity index (χ4n) is 2.04. The van der Waals surface area contributed by atoms with Crippen LogP contribution in [0.4, 0.5) is 0 Å². The van der Waals surface area contributed by atoms with Gasteiger partial charge in [-0.1, -0.05) is 13.0 Å². The molecule has 0 radical (unpaired) electrons. The largest absolute Gasteiger partial charge is 0.454 e. The Morgan fingerprint density at radius 1 is 1.30 bits per heavy atom. The molecule has 0 fully saturated rings. The average Bonchev–Trinajstić information content (AvgIpc) is 2.92. The van der Waals surface area contributed by atoms with Crippen molar-refractivity contribution in [2.75, 3.05) is 33.6 Å². The zero-order valence-corrected chi connectivity index (χ0v) is 12.2. The second kappa shape index (κ2) is 8.09. The van der Waals surface area contributed by atoms with Crippen LogP contribution in [0.3, 0.4) is 0 Å². The first kappa shape index (κ1) is 15.1. The van der Waals surface area contributed by atoms with Crippen LogP contribution in [0.25, 0.3) is 0 Å². The van der Waals surface area contributed by atoms with E-state index in [1.807, 2.05) is 18.2 Å². The summed E-state index contributed by atoms with van der Waals surface area (Å²) in [5.41, 5.74) is 1.07. The first-order valence-corrected chi connectivity index (χ1v) is 7.03. The Morgan fingerprint density at radius 3 is 2.95 bits per heavy atom. The van der Waals surface area contributed by atoms with E-state index in [1.54, 1.807) is 7.11 Å². The second-order valence-corrected chi connectivity index (χ2v) is 4.78. The number of methoxy groups -OCH3 is 1. The Morgan fingerprint density at radius 2 is 2.15 bits per heavy atom. The van der Waals surface area contributed by atoms with E-state index in [4.69, 9.17) is 18.9 Å². The maximum atomic E-state index is 5.89.